The Hall–Kier alpha value is -2.49. The number of aliphatic hydroxyl groups is 1. The molecule has 3 aromatic rings. The van der Waals surface area contributed by atoms with Crippen molar-refractivity contribution in [2.24, 2.45) is 17.8 Å². The highest BCUT2D eigenvalue weighted by Gasteiger charge is 2.54. The third kappa shape index (κ3) is 3.48. The van der Waals surface area contributed by atoms with Crippen LogP contribution < -0.4 is 10.6 Å². The number of aromatic nitrogens is 4. The van der Waals surface area contributed by atoms with Gasteiger partial charge in [-0.3, -0.25) is 0 Å². The molecule has 4 N–H and O–H groups in total. The molecule has 9 heteroatoms. The van der Waals surface area contributed by atoms with Gasteiger partial charge in [0.1, 0.15) is 5.65 Å². The number of ether oxygens (including phenoxy) is 1. The molecule has 0 aliphatic heterocycles. The monoisotopic (exact) mass is 438 g/mol. The normalized spacial score (nSPS) is 30.9. The molecule has 0 aromatic carbocycles. The van der Waals surface area contributed by atoms with Gasteiger partial charge in [0.25, 0.3) is 0 Å². The number of hydrogen-bond donors (Lipinski definition) is 4. The summed E-state index contributed by atoms with van der Waals surface area (Å²) in [5, 5.41) is 23.4. The first-order chi connectivity index (χ1) is 15.6. The summed E-state index contributed by atoms with van der Waals surface area (Å²) in [4.78, 5) is 12.4. The molecule has 4 aliphatic carbocycles. The van der Waals surface area contributed by atoms with Crippen molar-refractivity contribution < 1.29 is 14.4 Å². The third-order valence-electron chi connectivity index (χ3n) is 7.61. The van der Waals surface area contributed by atoms with Crippen LogP contribution in [-0.2, 0) is 11.3 Å². The van der Waals surface area contributed by atoms with Crippen molar-refractivity contribution in [3.05, 3.63) is 24.4 Å². The Morgan fingerprint density at radius 2 is 2.12 bits per heavy atom. The lowest BCUT2D eigenvalue weighted by atomic mass is 9.52. The van der Waals surface area contributed by atoms with Gasteiger partial charge < -0.3 is 30.0 Å². The van der Waals surface area contributed by atoms with Crippen LogP contribution in [0.1, 0.15) is 38.0 Å². The van der Waals surface area contributed by atoms with Crippen LogP contribution in [0.2, 0.25) is 0 Å². The number of pyridine rings is 1. The Kier molecular flexibility index (Phi) is 4.93. The van der Waals surface area contributed by atoms with Gasteiger partial charge in [-0.05, 0) is 55.9 Å². The lowest BCUT2D eigenvalue weighted by Gasteiger charge is -2.58. The maximum atomic E-state index is 11.0. The maximum absolute atomic E-state index is 11.0. The highest BCUT2D eigenvalue weighted by atomic mass is 16.5. The number of fused-ring (bicyclic) bond motifs is 1. The zero-order valence-corrected chi connectivity index (χ0v) is 18.3. The van der Waals surface area contributed by atoms with Gasteiger partial charge in [0, 0.05) is 37.5 Å². The molecule has 0 amide bonds. The average molecular weight is 439 g/mol. The Labute approximate surface area is 186 Å². The average Bonchev–Trinajstić information content (AvgIpc) is 3.42. The molecule has 3 aromatic heterocycles. The van der Waals surface area contributed by atoms with E-state index in [1.807, 2.05) is 18.5 Å². The minimum atomic E-state index is -0.447. The fourth-order valence-corrected chi connectivity index (χ4v) is 6.52. The lowest BCUT2D eigenvalue weighted by Crippen LogP contribution is -2.59. The number of nitrogens with zero attached hydrogens (tertiary/aromatic N) is 3. The Balaban J connectivity index is 1.30. The largest absolute Gasteiger partial charge is 0.390 e. The maximum Gasteiger partial charge on any atom is 0.240 e. The van der Waals surface area contributed by atoms with Crippen molar-refractivity contribution in [2.45, 2.75) is 50.3 Å². The lowest BCUT2D eigenvalue weighted by molar-refractivity contribution is -0.129. The molecule has 0 saturated heterocycles. The number of nitrogens with one attached hydrogen (secondary N) is 3. The van der Waals surface area contributed by atoms with E-state index in [0.717, 1.165) is 48.1 Å². The van der Waals surface area contributed by atoms with E-state index in [1.165, 1.54) is 12.8 Å². The Bertz CT molecular complexity index is 1090. The van der Waals surface area contributed by atoms with E-state index in [0.29, 0.717) is 48.7 Å². The summed E-state index contributed by atoms with van der Waals surface area (Å²) >= 11 is 0. The summed E-state index contributed by atoms with van der Waals surface area (Å²) in [6.07, 6.45) is 8.91. The first-order valence-corrected chi connectivity index (χ1v) is 11.6. The van der Waals surface area contributed by atoms with Crippen LogP contribution in [0.15, 0.2) is 23.0 Å². The molecule has 3 heterocycles. The van der Waals surface area contributed by atoms with Crippen molar-refractivity contribution in [2.75, 3.05) is 25.6 Å². The van der Waals surface area contributed by atoms with Crippen molar-refractivity contribution in [3.63, 3.8) is 0 Å². The number of methoxy groups -OCH3 is 1. The van der Waals surface area contributed by atoms with Crippen LogP contribution in [-0.4, -0.2) is 57.1 Å². The SMILES string of the molecule is COCCNCc1nc(-c2cnc3[nH]ccc3c2NC2C3CC4CC2CC(O)(C4)C3)no1. The molecular formula is C23H30N6O3. The van der Waals surface area contributed by atoms with Crippen LogP contribution in [0.5, 0.6) is 0 Å². The Morgan fingerprint density at radius 1 is 1.28 bits per heavy atom. The number of hydrogen-bond acceptors (Lipinski definition) is 8. The molecule has 0 radical (unpaired) electrons. The molecule has 4 aliphatic rings. The van der Waals surface area contributed by atoms with Gasteiger partial charge in [-0.2, -0.15) is 4.98 Å². The molecule has 32 heavy (non-hydrogen) atoms. The summed E-state index contributed by atoms with van der Waals surface area (Å²) < 4.78 is 10.5. The number of anilines is 1. The molecular weight excluding hydrogens is 408 g/mol. The third-order valence-corrected chi connectivity index (χ3v) is 7.61. The fourth-order valence-electron chi connectivity index (χ4n) is 6.52. The number of rotatable bonds is 8. The van der Waals surface area contributed by atoms with Crippen LogP contribution in [0, 0.1) is 17.8 Å². The van der Waals surface area contributed by atoms with Crippen LogP contribution >= 0.6 is 0 Å². The topological polar surface area (TPSA) is 121 Å². The zero-order chi connectivity index (χ0) is 21.7. The number of H-pyrrole nitrogens is 1. The van der Waals surface area contributed by atoms with Gasteiger partial charge in [-0.15, -0.1) is 0 Å². The van der Waals surface area contributed by atoms with Crippen LogP contribution in [0.4, 0.5) is 5.69 Å². The molecule has 2 atom stereocenters. The smallest absolute Gasteiger partial charge is 0.240 e. The molecule has 4 saturated carbocycles. The van der Waals surface area contributed by atoms with Gasteiger partial charge in [0.2, 0.25) is 11.7 Å². The van der Waals surface area contributed by atoms with Crippen molar-refractivity contribution in [1.82, 2.24) is 25.4 Å². The van der Waals surface area contributed by atoms with E-state index >= 15 is 0 Å². The quantitative estimate of drug-likeness (QED) is 0.396. The molecule has 7 rings (SSSR count). The molecule has 0 spiro atoms. The second-order valence-electron chi connectivity index (χ2n) is 9.83. The highest BCUT2D eigenvalue weighted by molar-refractivity contribution is 5.97. The zero-order valence-electron chi connectivity index (χ0n) is 18.3. The van der Waals surface area contributed by atoms with E-state index in [1.54, 1.807) is 7.11 Å². The van der Waals surface area contributed by atoms with Crippen molar-refractivity contribution in [3.8, 4) is 11.4 Å². The van der Waals surface area contributed by atoms with Crippen LogP contribution in [0.25, 0.3) is 22.4 Å². The Morgan fingerprint density at radius 3 is 2.91 bits per heavy atom. The van der Waals surface area contributed by atoms with Gasteiger partial charge in [-0.1, -0.05) is 5.16 Å². The highest BCUT2D eigenvalue weighted by Crippen LogP contribution is 2.56. The fraction of sp³-hybridized carbons (Fsp3) is 0.609. The first-order valence-electron chi connectivity index (χ1n) is 11.6. The second-order valence-corrected chi connectivity index (χ2v) is 9.83. The first kappa shape index (κ1) is 20.1. The summed E-state index contributed by atoms with van der Waals surface area (Å²) in [5.74, 6) is 2.73. The molecule has 4 fully saturated rings. The molecule has 4 bridgehead atoms. The summed E-state index contributed by atoms with van der Waals surface area (Å²) in [5.41, 5.74) is 2.23. The molecule has 9 nitrogen and oxygen atoms in total. The van der Waals surface area contributed by atoms with Crippen LogP contribution in [0.3, 0.4) is 0 Å². The minimum absolute atomic E-state index is 0.341. The van der Waals surface area contributed by atoms with E-state index in [9.17, 15) is 5.11 Å². The second kappa shape index (κ2) is 7.83. The van der Waals surface area contributed by atoms with E-state index in [4.69, 9.17) is 9.26 Å². The van der Waals surface area contributed by atoms with Crippen molar-refractivity contribution >= 4 is 16.7 Å². The predicted octanol–water partition coefficient (Wildman–Crippen LogP) is 2.70. The van der Waals surface area contributed by atoms with Gasteiger partial charge >= 0.3 is 0 Å². The van der Waals surface area contributed by atoms with E-state index in [2.05, 4.69) is 30.7 Å². The van der Waals surface area contributed by atoms with E-state index < -0.39 is 5.60 Å². The van der Waals surface area contributed by atoms with Gasteiger partial charge in [-0.25, -0.2) is 4.98 Å². The summed E-state index contributed by atoms with van der Waals surface area (Å²) in [6, 6.07) is 2.39. The van der Waals surface area contributed by atoms with E-state index in [-0.39, 0.29) is 0 Å². The predicted molar refractivity (Wildman–Crippen MR) is 119 cm³/mol. The van der Waals surface area contributed by atoms with Crippen molar-refractivity contribution in [1.29, 1.82) is 0 Å². The molecule has 2 unspecified atom stereocenters. The summed E-state index contributed by atoms with van der Waals surface area (Å²) in [6.45, 7) is 1.84. The van der Waals surface area contributed by atoms with Gasteiger partial charge in [0.05, 0.1) is 30.0 Å². The number of aromatic amines is 1. The standard InChI is InChI=1S/C23H30N6O3/c1-31-5-4-24-12-18-27-22(29-32-18)17-11-26-21-16(2-3-25-21)20(17)28-19-14-6-13-7-15(19)10-23(30,8-13)9-14/h2-3,11,13-15,19,24,30H,4-10,12H2,1H3,(H2,25,26,28). The minimum Gasteiger partial charge on any atom is -0.390 e. The summed E-state index contributed by atoms with van der Waals surface area (Å²) in [7, 11) is 1.68. The molecule has 170 valence electrons. The van der Waals surface area contributed by atoms with Gasteiger partial charge in [0.15, 0.2) is 0 Å².